The second-order valence-corrected chi connectivity index (χ2v) is 11.0. The van der Waals surface area contributed by atoms with E-state index in [2.05, 4.69) is 4.72 Å². The van der Waals surface area contributed by atoms with Crippen molar-refractivity contribution in [3.05, 3.63) is 54.1 Å². The number of carbonyl (C=O) groups excluding carboxylic acids is 1. The van der Waals surface area contributed by atoms with E-state index < -0.39 is 32.1 Å². The highest BCUT2D eigenvalue weighted by molar-refractivity contribution is 7.92. The topological polar surface area (TPSA) is 119 Å². The third-order valence-electron chi connectivity index (χ3n) is 5.14. The Balaban J connectivity index is 1.97. The molecular weight excluding hydrogens is 456 g/mol. The molecule has 11 heteroatoms. The summed E-state index contributed by atoms with van der Waals surface area (Å²) in [6, 6.07) is 11.9. The van der Waals surface area contributed by atoms with Gasteiger partial charge in [-0.2, -0.15) is 4.72 Å². The smallest absolute Gasteiger partial charge is 0.324 e. The number of anilines is 1. The fourth-order valence-corrected chi connectivity index (χ4v) is 6.53. The first-order valence-corrected chi connectivity index (χ1v) is 13.1. The Morgan fingerprint density at radius 3 is 2.47 bits per heavy atom. The Morgan fingerprint density at radius 1 is 1.12 bits per heavy atom. The molecule has 1 heterocycles. The molecule has 1 aliphatic heterocycles. The van der Waals surface area contributed by atoms with Gasteiger partial charge in [-0.05, 0) is 43.0 Å². The minimum atomic E-state index is -4.27. The van der Waals surface area contributed by atoms with Crippen LogP contribution < -0.4 is 13.8 Å². The lowest BCUT2D eigenvalue weighted by Gasteiger charge is -2.29. The summed E-state index contributed by atoms with van der Waals surface area (Å²) >= 11 is 0. The van der Waals surface area contributed by atoms with Crippen molar-refractivity contribution in [2.24, 2.45) is 0 Å². The number of ether oxygens (including phenoxy) is 2. The van der Waals surface area contributed by atoms with Gasteiger partial charge in [0.2, 0.25) is 20.0 Å². The molecule has 1 saturated heterocycles. The van der Waals surface area contributed by atoms with Gasteiger partial charge in [0.1, 0.15) is 16.7 Å². The van der Waals surface area contributed by atoms with Gasteiger partial charge in [-0.25, -0.2) is 16.8 Å². The molecule has 0 aromatic heterocycles. The van der Waals surface area contributed by atoms with Crippen LogP contribution in [0.25, 0.3) is 0 Å². The summed E-state index contributed by atoms with van der Waals surface area (Å²) in [5.74, 6) is -0.717. The van der Waals surface area contributed by atoms with E-state index in [-0.39, 0.29) is 35.1 Å². The molecule has 2 aromatic rings. The predicted octanol–water partition coefficient (Wildman–Crippen LogP) is 1.69. The zero-order valence-corrected chi connectivity index (χ0v) is 19.5. The Hall–Kier alpha value is -2.63. The highest BCUT2D eigenvalue weighted by Crippen LogP contribution is 2.32. The average Bonchev–Trinajstić information content (AvgIpc) is 2.78. The van der Waals surface area contributed by atoms with Gasteiger partial charge in [-0.3, -0.25) is 9.10 Å². The van der Waals surface area contributed by atoms with Gasteiger partial charge in [-0.15, -0.1) is 0 Å². The molecule has 1 aliphatic rings. The van der Waals surface area contributed by atoms with Crippen LogP contribution in [0.15, 0.2) is 53.4 Å². The number of methoxy groups -OCH3 is 2. The lowest BCUT2D eigenvalue weighted by Crippen LogP contribution is -2.43. The van der Waals surface area contributed by atoms with Gasteiger partial charge < -0.3 is 9.47 Å². The SMILES string of the molecule is COC(=O)[C@H](Cc1ccccc1)NS(=O)(=O)c1cc(N2CCCCS2(=O)=O)ccc1OC. The number of hydrogen-bond acceptors (Lipinski definition) is 7. The molecule has 1 N–H and O–H groups in total. The van der Waals surface area contributed by atoms with Crippen LogP contribution in [0.3, 0.4) is 0 Å². The van der Waals surface area contributed by atoms with Crippen molar-refractivity contribution in [2.45, 2.75) is 30.2 Å². The lowest BCUT2D eigenvalue weighted by atomic mass is 10.1. The van der Waals surface area contributed by atoms with Gasteiger partial charge in [-0.1, -0.05) is 30.3 Å². The number of benzene rings is 2. The molecule has 32 heavy (non-hydrogen) atoms. The first-order valence-electron chi connectivity index (χ1n) is 10.0. The second kappa shape index (κ2) is 9.88. The Kier molecular flexibility index (Phi) is 7.42. The van der Waals surface area contributed by atoms with E-state index in [1.165, 1.54) is 36.7 Å². The normalized spacial score (nSPS) is 16.9. The van der Waals surface area contributed by atoms with Gasteiger partial charge in [0.25, 0.3) is 0 Å². The summed E-state index contributed by atoms with van der Waals surface area (Å²) in [6.07, 6.45) is 1.31. The van der Waals surface area contributed by atoms with Crippen molar-refractivity contribution < 1.29 is 31.1 Å². The van der Waals surface area contributed by atoms with E-state index in [1.807, 2.05) is 6.07 Å². The number of hydrogen-bond donors (Lipinski definition) is 1. The average molecular weight is 483 g/mol. The highest BCUT2D eigenvalue weighted by atomic mass is 32.2. The van der Waals surface area contributed by atoms with Crippen molar-refractivity contribution in [3.63, 3.8) is 0 Å². The Bertz CT molecular complexity index is 1170. The first kappa shape index (κ1) is 24.0. The minimum absolute atomic E-state index is 0.000846. The van der Waals surface area contributed by atoms with Crippen molar-refractivity contribution in [2.75, 3.05) is 30.8 Å². The second-order valence-electron chi connectivity index (χ2n) is 7.32. The number of esters is 1. The third kappa shape index (κ3) is 5.40. The zero-order chi connectivity index (χ0) is 23.4. The van der Waals surface area contributed by atoms with Crippen LogP contribution in [-0.2, 0) is 36.0 Å². The van der Waals surface area contributed by atoms with E-state index in [0.717, 1.165) is 5.56 Å². The molecule has 3 rings (SSSR count). The monoisotopic (exact) mass is 482 g/mol. The van der Waals surface area contributed by atoms with Crippen molar-refractivity contribution in [3.8, 4) is 5.75 Å². The van der Waals surface area contributed by atoms with E-state index in [9.17, 15) is 21.6 Å². The van der Waals surface area contributed by atoms with Crippen molar-refractivity contribution in [1.82, 2.24) is 4.72 Å². The van der Waals surface area contributed by atoms with E-state index in [1.54, 1.807) is 24.3 Å². The minimum Gasteiger partial charge on any atom is -0.495 e. The summed E-state index contributed by atoms with van der Waals surface area (Å²) in [4.78, 5) is 12.0. The fourth-order valence-electron chi connectivity index (χ4n) is 3.53. The molecule has 0 unspecified atom stereocenters. The standard InChI is InChI=1S/C21H26N2O7S2/c1-29-19-11-10-17(23-12-6-7-13-31(23,25)26)15-20(19)32(27,28)22-18(21(24)30-2)14-16-8-4-3-5-9-16/h3-5,8-11,15,18,22H,6-7,12-14H2,1-2H3/t18-/m0/s1. The molecule has 1 fully saturated rings. The van der Waals surface area contributed by atoms with Crippen molar-refractivity contribution in [1.29, 1.82) is 0 Å². The number of sulfonamides is 2. The highest BCUT2D eigenvalue weighted by Gasteiger charge is 2.31. The molecular formula is C21H26N2O7S2. The summed E-state index contributed by atoms with van der Waals surface area (Å²) in [5, 5.41) is 0. The molecule has 0 saturated carbocycles. The maximum absolute atomic E-state index is 13.3. The largest absolute Gasteiger partial charge is 0.495 e. The quantitative estimate of drug-likeness (QED) is 0.569. The van der Waals surface area contributed by atoms with E-state index >= 15 is 0 Å². The maximum atomic E-state index is 13.3. The van der Waals surface area contributed by atoms with Crippen LogP contribution in [0.1, 0.15) is 18.4 Å². The summed E-state index contributed by atoms with van der Waals surface area (Å²) in [7, 11) is -5.32. The number of carbonyl (C=O) groups is 1. The van der Waals surface area contributed by atoms with Crippen LogP contribution in [-0.4, -0.2) is 55.4 Å². The molecule has 1 atom stereocenters. The molecule has 0 amide bonds. The fraction of sp³-hybridized carbons (Fsp3) is 0.381. The molecule has 0 spiro atoms. The van der Waals surface area contributed by atoms with Crippen LogP contribution in [0.2, 0.25) is 0 Å². The predicted molar refractivity (Wildman–Crippen MR) is 120 cm³/mol. The van der Waals surface area contributed by atoms with Crippen LogP contribution in [0.4, 0.5) is 5.69 Å². The zero-order valence-electron chi connectivity index (χ0n) is 17.9. The third-order valence-corrected chi connectivity index (χ3v) is 8.50. The summed E-state index contributed by atoms with van der Waals surface area (Å²) < 4.78 is 65.1. The summed E-state index contributed by atoms with van der Waals surface area (Å²) in [6.45, 7) is 0.264. The van der Waals surface area contributed by atoms with E-state index in [4.69, 9.17) is 9.47 Å². The molecule has 0 radical (unpaired) electrons. The summed E-state index contributed by atoms with van der Waals surface area (Å²) in [5.41, 5.74) is 0.967. The van der Waals surface area contributed by atoms with Gasteiger partial charge in [0.05, 0.1) is 25.7 Å². The van der Waals surface area contributed by atoms with Crippen LogP contribution in [0, 0.1) is 0 Å². The van der Waals surface area contributed by atoms with Crippen molar-refractivity contribution >= 4 is 31.7 Å². The molecule has 0 aliphatic carbocycles. The molecule has 9 nitrogen and oxygen atoms in total. The first-order chi connectivity index (χ1) is 15.2. The molecule has 0 bridgehead atoms. The maximum Gasteiger partial charge on any atom is 0.324 e. The Morgan fingerprint density at radius 2 is 1.84 bits per heavy atom. The molecule has 174 valence electrons. The van der Waals surface area contributed by atoms with Crippen LogP contribution >= 0.6 is 0 Å². The van der Waals surface area contributed by atoms with E-state index in [0.29, 0.717) is 12.8 Å². The van der Waals surface area contributed by atoms with Crippen LogP contribution in [0.5, 0.6) is 5.75 Å². The molecule has 2 aromatic carbocycles. The number of nitrogens with one attached hydrogen (secondary N) is 1. The van der Waals surface area contributed by atoms with Gasteiger partial charge >= 0.3 is 5.97 Å². The number of rotatable bonds is 8. The van der Waals surface area contributed by atoms with Gasteiger partial charge in [0.15, 0.2) is 0 Å². The van der Waals surface area contributed by atoms with Gasteiger partial charge in [0, 0.05) is 6.54 Å². The lowest BCUT2D eigenvalue weighted by molar-refractivity contribution is -0.142. The number of nitrogens with zero attached hydrogens (tertiary/aromatic N) is 1. The Labute approximate surface area is 188 Å².